The van der Waals surface area contributed by atoms with Gasteiger partial charge in [-0.05, 0) is 51.8 Å². The van der Waals surface area contributed by atoms with Crippen molar-refractivity contribution in [2.75, 3.05) is 0 Å². The number of hydroxylamine groups is 2. The first-order chi connectivity index (χ1) is 10.2. The number of hydrogen-bond acceptors (Lipinski definition) is 4. The first-order valence-corrected chi connectivity index (χ1v) is 7.41. The summed E-state index contributed by atoms with van der Waals surface area (Å²) in [5, 5.41) is 12.3. The summed E-state index contributed by atoms with van der Waals surface area (Å²) in [7, 11) is 0. The fourth-order valence-electron chi connectivity index (χ4n) is 3.25. The Bertz CT molecular complexity index is 818. The molecule has 5 heteroatoms. The summed E-state index contributed by atoms with van der Waals surface area (Å²) in [6, 6.07) is 7.31. The van der Waals surface area contributed by atoms with E-state index in [1.54, 1.807) is 6.07 Å². The van der Waals surface area contributed by atoms with Crippen LogP contribution in [0.15, 0.2) is 35.1 Å². The Morgan fingerprint density at radius 1 is 1.23 bits per heavy atom. The minimum atomic E-state index is -0.526. The largest absolute Gasteiger partial charge is 0.313 e. The van der Waals surface area contributed by atoms with E-state index in [9.17, 15) is 10.0 Å². The predicted molar refractivity (Wildman–Crippen MR) is 86.7 cm³/mol. The number of benzene rings is 1. The van der Waals surface area contributed by atoms with Crippen LogP contribution in [0.25, 0.3) is 16.5 Å². The molecular weight excluding hydrogens is 278 g/mol. The van der Waals surface area contributed by atoms with Crippen LogP contribution in [0.2, 0.25) is 0 Å². The van der Waals surface area contributed by atoms with Gasteiger partial charge in [-0.3, -0.25) is 4.79 Å². The molecule has 0 amide bonds. The lowest BCUT2D eigenvalue weighted by atomic mass is 9.82. The second-order valence-electron chi connectivity index (χ2n) is 7.06. The van der Waals surface area contributed by atoms with Gasteiger partial charge in [-0.1, -0.05) is 18.2 Å². The van der Waals surface area contributed by atoms with E-state index in [4.69, 9.17) is 0 Å². The van der Waals surface area contributed by atoms with E-state index >= 15 is 0 Å². The molecule has 1 aromatic carbocycles. The molecule has 0 atom stereocenters. The molecule has 3 rings (SSSR count). The van der Waals surface area contributed by atoms with Gasteiger partial charge in [0.05, 0.1) is 16.4 Å². The van der Waals surface area contributed by atoms with Gasteiger partial charge in [0.1, 0.15) is 5.82 Å². The number of aromatic nitrogens is 2. The molecule has 1 aliphatic rings. The van der Waals surface area contributed by atoms with Gasteiger partial charge in [-0.15, -0.1) is 0 Å². The van der Waals surface area contributed by atoms with Crippen LogP contribution in [-0.4, -0.2) is 31.3 Å². The molecule has 0 bridgehead atoms. The second-order valence-corrected chi connectivity index (χ2v) is 7.06. The molecule has 1 aromatic heterocycles. The molecule has 0 fully saturated rings. The lowest BCUT2D eigenvalue weighted by molar-refractivity contribution is -0.211. The molecule has 5 nitrogen and oxygen atoms in total. The molecule has 116 valence electrons. The highest BCUT2D eigenvalue weighted by Gasteiger charge is 2.41. The Kier molecular flexibility index (Phi) is 3.23. The molecule has 2 N–H and O–H groups in total. The topological polar surface area (TPSA) is 69.2 Å². The number of hydrogen-bond donors (Lipinski definition) is 2. The molecule has 0 saturated heterocycles. The van der Waals surface area contributed by atoms with Crippen molar-refractivity contribution in [2.45, 2.75) is 45.2 Å². The number of nitrogens with one attached hydrogen (secondary N) is 1. The van der Waals surface area contributed by atoms with Crippen LogP contribution in [0.1, 0.15) is 39.9 Å². The highest BCUT2D eigenvalue weighted by atomic mass is 16.5. The Morgan fingerprint density at radius 2 is 1.91 bits per heavy atom. The zero-order valence-electron chi connectivity index (χ0n) is 13.3. The van der Waals surface area contributed by atoms with Gasteiger partial charge in [-0.25, -0.2) is 4.98 Å². The van der Waals surface area contributed by atoms with Crippen LogP contribution in [0.5, 0.6) is 0 Å². The maximum absolute atomic E-state index is 12.2. The Morgan fingerprint density at radius 3 is 2.59 bits per heavy atom. The third kappa shape index (κ3) is 2.36. The average Bonchev–Trinajstić information content (AvgIpc) is 2.44. The minimum absolute atomic E-state index is 0.136. The number of nitrogens with zero attached hydrogens (tertiary/aromatic N) is 2. The summed E-state index contributed by atoms with van der Waals surface area (Å²) >= 11 is 0. The third-order valence-electron chi connectivity index (χ3n) is 4.19. The number of para-hydroxylation sites is 1. The number of rotatable bonds is 1. The van der Waals surface area contributed by atoms with E-state index in [2.05, 4.69) is 9.97 Å². The molecule has 0 aliphatic carbocycles. The lowest BCUT2D eigenvalue weighted by Gasteiger charge is -2.46. The summed E-state index contributed by atoms with van der Waals surface area (Å²) in [5.74, 6) is 0.581. The molecule has 1 aliphatic heterocycles. The van der Waals surface area contributed by atoms with Crippen LogP contribution in [-0.2, 0) is 0 Å². The summed E-state index contributed by atoms with van der Waals surface area (Å²) in [6.45, 7) is 7.82. The van der Waals surface area contributed by atoms with Crippen molar-refractivity contribution in [2.24, 2.45) is 0 Å². The lowest BCUT2D eigenvalue weighted by Crippen LogP contribution is -2.55. The van der Waals surface area contributed by atoms with Crippen molar-refractivity contribution in [3.05, 3.63) is 46.5 Å². The third-order valence-corrected chi connectivity index (χ3v) is 4.19. The Hall–Kier alpha value is -1.98. The smallest absolute Gasteiger partial charge is 0.259 e. The highest BCUT2D eigenvalue weighted by Crippen LogP contribution is 2.38. The standard InChI is InChI=1S/C17H21N3O2/c1-16(2)9-11(10-17(3,4)20(16)22)14-18-13-8-6-5-7-12(13)15(21)19-14/h5-9,22H,10H2,1-4H3,(H,18,19,21). The first kappa shape index (κ1) is 14.9. The van der Waals surface area contributed by atoms with Gasteiger partial charge in [0.15, 0.2) is 0 Å². The van der Waals surface area contributed by atoms with E-state index in [-0.39, 0.29) is 5.56 Å². The van der Waals surface area contributed by atoms with E-state index in [0.717, 1.165) is 5.57 Å². The number of fused-ring (bicyclic) bond motifs is 1. The molecule has 2 heterocycles. The van der Waals surface area contributed by atoms with Gasteiger partial charge in [-0.2, -0.15) is 5.06 Å². The number of aromatic amines is 1. The van der Waals surface area contributed by atoms with Gasteiger partial charge in [0.25, 0.3) is 5.56 Å². The molecule has 0 saturated carbocycles. The van der Waals surface area contributed by atoms with Gasteiger partial charge in [0.2, 0.25) is 0 Å². The van der Waals surface area contributed by atoms with Crippen molar-refractivity contribution in [1.29, 1.82) is 0 Å². The van der Waals surface area contributed by atoms with Crippen molar-refractivity contribution < 1.29 is 5.21 Å². The molecule has 0 unspecified atom stereocenters. The summed E-state index contributed by atoms with van der Waals surface area (Å²) < 4.78 is 0. The van der Waals surface area contributed by atoms with E-state index < -0.39 is 11.1 Å². The molecule has 0 spiro atoms. The maximum atomic E-state index is 12.2. The number of H-pyrrole nitrogens is 1. The molecule has 22 heavy (non-hydrogen) atoms. The highest BCUT2D eigenvalue weighted by molar-refractivity contribution is 5.79. The average molecular weight is 299 g/mol. The second kappa shape index (κ2) is 4.76. The predicted octanol–water partition coefficient (Wildman–Crippen LogP) is 2.96. The van der Waals surface area contributed by atoms with E-state index in [0.29, 0.717) is 23.1 Å². The zero-order chi connectivity index (χ0) is 16.1. The van der Waals surface area contributed by atoms with Gasteiger partial charge < -0.3 is 10.2 Å². The SMILES string of the molecule is CC1(C)C=C(c2nc3ccccc3c(=O)[nH]2)CC(C)(C)N1O. The molecule has 0 radical (unpaired) electrons. The van der Waals surface area contributed by atoms with Crippen molar-refractivity contribution in [3.63, 3.8) is 0 Å². The zero-order valence-corrected chi connectivity index (χ0v) is 13.3. The minimum Gasteiger partial charge on any atom is -0.313 e. The van der Waals surface area contributed by atoms with Crippen molar-refractivity contribution >= 4 is 16.5 Å². The van der Waals surface area contributed by atoms with Crippen LogP contribution in [0, 0.1) is 0 Å². The van der Waals surface area contributed by atoms with Crippen LogP contribution in [0.3, 0.4) is 0 Å². The normalized spacial score (nSPS) is 20.9. The van der Waals surface area contributed by atoms with Crippen LogP contribution in [0.4, 0.5) is 0 Å². The quantitative estimate of drug-likeness (QED) is 0.849. The fourth-order valence-corrected chi connectivity index (χ4v) is 3.25. The van der Waals surface area contributed by atoms with E-state index in [1.165, 1.54) is 5.06 Å². The summed E-state index contributed by atoms with van der Waals surface area (Å²) in [4.78, 5) is 19.7. The van der Waals surface area contributed by atoms with Gasteiger partial charge >= 0.3 is 0 Å². The summed E-state index contributed by atoms with van der Waals surface area (Å²) in [6.07, 6.45) is 2.57. The summed E-state index contributed by atoms with van der Waals surface area (Å²) in [5.41, 5.74) is 0.537. The van der Waals surface area contributed by atoms with Crippen LogP contribution < -0.4 is 5.56 Å². The Balaban J connectivity index is 2.17. The molecular formula is C17H21N3O2. The van der Waals surface area contributed by atoms with E-state index in [1.807, 2.05) is 52.0 Å². The fraction of sp³-hybridized carbons (Fsp3) is 0.412. The molecule has 2 aromatic rings. The van der Waals surface area contributed by atoms with Crippen molar-refractivity contribution in [3.8, 4) is 0 Å². The first-order valence-electron chi connectivity index (χ1n) is 7.41. The Labute approximate surface area is 129 Å². The maximum Gasteiger partial charge on any atom is 0.259 e. The van der Waals surface area contributed by atoms with Crippen LogP contribution >= 0.6 is 0 Å². The van der Waals surface area contributed by atoms with Gasteiger partial charge in [0, 0.05) is 5.54 Å². The van der Waals surface area contributed by atoms with Crippen molar-refractivity contribution in [1.82, 2.24) is 15.0 Å². The monoisotopic (exact) mass is 299 g/mol.